The quantitative estimate of drug-likeness (QED) is 0.826. The SMILES string of the molecule is Cc1ccc(CN2CCCCCC2)c(O)c1. The van der Waals surface area contributed by atoms with Crippen molar-refractivity contribution in [2.24, 2.45) is 0 Å². The van der Waals surface area contributed by atoms with E-state index < -0.39 is 0 Å². The maximum absolute atomic E-state index is 9.87. The van der Waals surface area contributed by atoms with Gasteiger partial charge in [-0.05, 0) is 44.5 Å². The van der Waals surface area contributed by atoms with Crippen LogP contribution in [0, 0.1) is 6.92 Å². The molecule has 1 aliphatic heterocycles. The summed E-state index contributed by atoms with van der Waals surface area (Å²) >= 11 is 0. The lowest BCUT2D eigenvalue weighted by molar-refractivity contribution is 0.273. The fourth-order valence-corrected chi connectivity index (χ4v) is 2.34. The Morgan fingerprint density at radius 3 is 2.44 bits per heavy atom. The van der Waals surface area contributed by atoms with Crippen LogP contribution in [0.1, 0.15) is 36.8 Å². The summed E-state index contributed by atoms with van der Waals surface area (Å²) in [5.41, 5.74) is 2.18. The van der Waals surface area contributed by atoms with Crippen LogP contribution in [0.25, 0.3) is 0 Å². The van der Waals surface area contributed by atoms with E-state index in [0.717, 1.165) is 17.7 Å². The van der Waals surface area contributed by atoms with Crippen LogP contribution in [0.2, 0.25) is 0 Å². The molecule has 0 saturated carbocycles. The van der Waals surface area contributed by atoms with Gasteiger partial charge in [0.1, 0.15) is 5.75 Å². The van der Waals surface area contributed by atoms with Gasteiger partial charge in [-0.2, -0.15) is 0 Å². The predicted octanol–water partition coefficient (Wildman–Crippen LogP) is 3.08. The van der Waals surface area contributed by atoms with Gasteiger partial charge in [0, 0.05) is 12.1 Å². The Kier molecular flexibility index (Phi) is 3.83. The number of phenolic OH excluding ortho intramolecular Hbond substituents is 1. The highest BCUT2D eigenvalue weighted by atomic mass is 16.3. The highest BCUT2D eigenvalue weighted by Gasteiger charge is 2.11. The molecular weight excluding hydrogens is 198 g/mol. The Morgan fingerprint density at radius 1 is 1.12 bits per heavy atom. The van der Waals surface area contributed by atoms with E-state index >= 15 is 0 Å². The van der Waals surface area contributed by atoms with E-state index in [2.05, 4.69) is 17.0 Å². The van der Waals surface area contributed by atoms with Gasteiger partial charge >= 0.3 is 0 Å². The lowest BCUT2D eigenvalue weighted by Gasteiger charge is -2.20. The van der Waals surface area contributed by atoms with Crippen LogP contribution in [-0.2, 0) is 6.54 Å². The highest BCUT2D eigenvalue weighted by molar-refractivity contribution is 5.35. The molecule has 0 atom stereocenters. The van der Waals surface area contributed by atoms with Crippen molar-refractivity contribution in [1.82, 2.24) is 4.90 Å². The second kappa shape index (κ2) is 5.35. The third-order valence-corrected chi connectivity index (χ3v) is 3.33. The van der Waals surface area contributed by atoms with Crippen molar-refractivity contribution in [1.29, 1.82) is 0 Å². The van der Waals surface area contributed by atoms with Crippen LogP contribution in [0.3, 0.4) is 0 Å². The molecule has 16 heavy (non-hydrogen) atoms. The number of hydrogen-bond acceptors (Lipinski definition) is 2. The molecule has 1 saturated heterocycles. The first-order valence-electron chi connectivity index (χ1n) is 6.26. The van der Waals surface area contributed by atoms with Gasteiger partial charge in [0.25, 0.3) is 0 Å². The molecule has 0 bridgehead atoms. The molecule has 2 nitrogen and oxygen atoms in total. The molecule has 2 rings (SSSR count). The second-order valence-electron chi connectivity index (χ2n) is 4.82. The fourth-order valence-electron chi connectivity index (χ4n) is 2.34. The molecule has 0 aromatic heterocycles. The Morgan fingerprint density at radius 2 is 1.81 bits per heavy atom. The third kappa shape index (κ3) is 2.99. The number of aromatic hydroxyl groups is 1. The Hall–Kier alpha value is -1.02. The molecule has 1 N–H and O–H groups in total. The van der Waals surface area contributed by atoms with Gasteiger partial charge in [-0.15, -0.1) is 0 Å². The van der Waals surface area contributed by atoms with Crippen molar-refractivity contribution in [2.45, 2.75) is 39.2 Å². The zero-order chi connectivity index (χ0) is 11.4. The average molecular weight is 219 g/mol. The molecule has 1 fully saturated rings. The van der Waals surface area contributed by atoms with E-state index in [9.17, 15) is 5.11 Å². The zero-order valence-corrected chi connectivity index (χ0v) is 10.1. The van der Waals surface area contributed by atoms with Gasteiger partial charge in [0.2, 0.25) is 0 Å². The highest BCUT2D eigenvalue weighted by Crippen LogP contribution is 2.21. The number of nitrogens with zero attached hydrogens (tertiary/aromatic N) is 1. The van der Waals surface area contributed by atoms with E-state index in [1.54, 1.807) is 0 Å². The monoisotopic (exact) mass is 219 g/mol. The van der Waals surface area contributed by atoms with Gasteiger partial charge in [-0.25, -0.2) is 0 Å². The van der Waals surface area contributed by atoms with E-state index in [1.807, 2.05) is 13.0 Å². The number of benzene rings is 1. The largest absolute Gasteiger partial charge is 0.508 e. The maximum atomic E-state index is 9.87. The predicted molar refractivity (Wildman–Crippen MR) is 66.6 cm³/mol. The Bertz CT molecular complexity index is 341. The summed E-state index contributed by atoms with van der Waals surface area (Å²) in [7, 11) is 0. The summed E-state index contributed by atoms with van der Waals surface area (Å²) in [4.78, 5) is 2.46. The molecule has 0 aliphatic carbocycles. The van der Waals surface area contributed by atoms with Crippen LogP contribution < -0.4 is 0 Å². The smallest absolute Gasteiger partial charge is 0.120 e. The van der Waals surface area contributed by atoms with Crippen molar-refractivity contribution in [2.75, 3.05) is 13.1 Å². The van der Waals surface area contributed by atoms with Crippen LogP contribution >= 0.6 is 0 Å². The minimum atomic E-state index is 0.448. The van der Waals surface area contributed by atoms with Crippen molar-refractivity contribution < 1.29 is 5.11 Å². The second-order valence-corrected chi connectivity index (χ2v) is 4.82. The summed E-state index contributed by atoms with van der Waals surface area (Å²) in [6, 6.07) is 5.98. The molecule has 2 heteroatoms. The molecule has 1 aliphatic rings. The number of hydrogen-bond donors (Lipinski definition) is 1. The molecule has 88 valence electrons. The number of rotatable bonds is 2. The summed E-state index contributed by atoms with van der Waals surface area (Å²) < 4.78 is 0. The fraction of sp³-hybridized carbons (Fsp3) is 0.571. The third-order valence-electron chi connectivity index (χ3n) is 3.33. The molecule has 0 radical (unpaired) electrons. The molecule has 0 spiro atoms. The Labute approximate surface area is 97.9 Å². The van der Waals surface area contributed by atoms with Crippen LogP contribution in [0.15, 0.2) is 18.2 Å². The minimum Gasteiger partial charge on any atom is -0.508 e. The normalized spacial score (nSPS) is 18.3. The number of aryl methyl sites for hydroxylation is 1. The van der Waals surface area contributed by atoms with Gasteiger partial charge in [0.15, 0.2) is 0 Å². The first-order chi connectivity index (χ1) is 7.75. The molecule has 1 aromatic carbocycles. The molecule has 1 aromatic rings. The van der Waals surface area contributed by atoms with Crippen molar-refractivity contribution in [3.8, 4) is 5.75 Å². The average Bonchev–Trinajstić information content (AvgIpc) is 2.51. The van der Waals surface area contributed by atoms with Crippen molar-refractivity contribution >= 4 is 0 Å². The first kappa shape index (κ1) is 11.5. The molecule has 0 amide bonds. The van der Waals surface area contributed by atoms with E-state index in [1.165, 1.54) is 38.8 Å². The van der Waals surface area contributed by atoms with E-state index in [4.69, 9.17) is 0 Å². The van der Waals surface area contributed by atoms with Gasteiger partial charge < -0.3 is 5.11 Å². The van der Waals surface area contributed by atoms with E-state index in [0.29, 0.717) is 5.75 Å². The van der Waals surface area contributed by atoms with Gasteiger partial charge in [-0.3, -0.25) is 4.90 Å². The van der Waals surface area contributed by atoms with Crippen molar-refractivity contribution in [3.05, 3.63) is 29.3 Å². The summed E-state index contributed by atoms with van der Waals surface area (Å²) in [6.45, 7) is 5.25. The molecular formula is C14H21NO. The zero-order valence-electron chi connectivity index (χ0n) is 10.1. The van der Waals surface area contributed by atoms with Gasteiger partial charge in [-0.1, -0.05) is 25.0 Å². The standard InChI is InChI=1S/C14H21NO/c1-12-6-7-13(14(16)10-12)11-15-8-4-2-3-5-9-15/h6-7,10,16H,2-5,8-9,11H2,1H3. The minimum absolute atomic E-state index is 0.448. The van der Waals surface area contributed by atoms with Crippen LogP contribution in [0.4, 0.5) is 0 Å². The van der Waals surface area contributed by atoms with Crippen LogP contribution in [0.5, 0.6) is 5.75 Å². The first-order valence-corrected chi connectivity index (χ1v) is 6.26. The Balaban J connectivity index is 2.01. The summed E-state index contributed by atoms with van der Waals surface area (Å²) in [6.07, 6.45) is 5.31. The molecule has 1 heterocycles. The summed E-state index contributed by atoms with van der Waals surface area (Å²) in [5.74, 6) is 0.448. The lowest BCUT2D eigenvalue weighted by atomic mass is 10.1. The van der Waals surface area contributed by atoms with Crippen LogP contribution in [-0.4, -0.2) is 23.1 Å². The lowest BCUT2D eigenvalue weighted by Crippen LogP contribution is -2.23. The van der Waals surface area contributed by atoms with E-state index in [-0.39, 0.29) is 0 Å². The number of phenols is 1. The summed E-state index contributed by atoms with van der Waals surface area (Å²) in [5, 5.41) is 9.87. The van der Waals surface area contributed by atoms with Gasteiger partial charge in [0.05, 0.1) is 0 Å². The van der Waals surface area contributed by atoms with Crippen molar-refractivity contribution in [3.63, 3.8) is 0 Å². The number of likely N-dealkylation sites (tertiary alicyclic amines) is 1. The molecule has 0 unspecified atom stereocenters. The topological polar surface area (TPSA) is 23.5 Å². The maximum Gasteiger partial charge on any atom is 0.120 e.